The van der Waals surface area contributed by atoms with E-state index in [2.05, 4.69) is 18.7 Å². The number of carbonyl (C=O) groups is 1. The molecule has 0 radical (unpaired) electrons. The number of aromatic nitrogens is 1. The summed E-state index contributed by atoms with van der Waals surface area (Å²) in [5.74, 6) is -0.832. The van der Waals surface area contributed by atoms with Gasteiger partial charge in [0.25, 0.3) is 0 Å². The van der Waals surface area contributed by atoms with Crippen LogP contribution in [0.4, 0.5) is 10.1 Å². The monoisotopic (exact) mass is 771 g/mol. The minimum atomic E-state index is -3.97. The number of aryl methyl sites for hydroxylation is 5. The van der Waals surface area contributed by atoms with E-state index in [0.29, 0.717) is 27.9 Å². The van der Waals surface area contributed by atoms with Gasteiger partial charge in [0, 0.05) is 48.7 Å². The van der Waals surface area contributed by atoms with Crippen LogP contribution in [0.1, 0.15) is 105 Å². The van der Waals surface area contributed by atoms with Crippen LogP contribution < -0.4 is 4.90 Å². The molecule has 0 unspecified atom stereocenters. The van der Waals surface area contributed by atoms with E-state index >= 15 is 0 Å². The second-order valence-electron chi connectivity index (χ2n) is 16.8. The van der Waals surface area contributed by atoms with Crippen molar-refractivity contribution in [3.05, 3.63) is 111 Å². The molecule has 1 aliphatic rings. The van der Waals surface area contributed by atoms with Crippen molar-refractivity contribution in [3.8, 4) is 11.1 Å². The summed E-state index contributed by atoms with van der Waals surface area (Å²) in [5, 5.41) is 0. The first-order valence-corrected chi connectivity index (χ1v) is 20.7. The number of rotatable bonds is 12. The van der Waals surface area contributed by atoms with Gasteiger partial charge in [-0.3, -0.25) is 4.98 Å². The quantitative estimate of drug-likeness (QED) is 0.133. The maximum atomic E-state index is 14.5. The Morgan fingerprint density at radius 2 is 1.42 bits per heavy atom. The van der Waals surface area contributed by atoms with Crippen molar-refractivity contribution < 1.29 is 27.1 Å². The second-order valence-corrected chi connectivity index (χ2v) is 18.6. The van der Waals surface area contributed by atoms with Crippen molar-refractivity contribution in [1.29, 1.82) is 0 Å². The number of benzene rings is 3. The van der Waals surface area contributed by atoms with E-state index in [1.54, 1.807) is 19.1 Å². The molecule has 1 aliphatic heterocycles. The van der Waals surface area contributed by atoms with Gasteiger partial charge < -0.3 is 14.4 Å². The molecular formula is C45H58FN3O5S. The van der Waals surface area contributed by atoms with E-state index in [1.165, 1.54) is 16.4 Å². The number of ether oxygens (including phenoxy) is 2. The number of halogens is 1. The summed E-state index contributed by atoms with van der Waals surface area (Å²) in [5.41, 5.74) is 8.32. The van der Waals surface area contributed by atoms with Crippen molar-refractivity contribution in [3.63, 3.8) is 0 Å². The van der Waals surface area contributed by atoms with Gasteiger partial charge in [-0.25, -0.2) is 17.6 Å². The molecule has 296 valence electrons. The molecule has 10 heteroatoms. The first-order chi connectivity index (χ1) is 25.7. The van der Waals surface area contributed by atoms with Crippen molar-refractivity contribution in [2.24, 2.45) is 5.41 Å². The zero-order chi connectivity index (χ0) is 40.5. The van der Waals surface area contributed by atoms with Crippen LogP contribution in [-0.2, 0) is 37.4 Å². The molecule has 1 aromatic heterocycles. The molecule has 0 N–H and O–H groups in total. The number of esters is 1. The predicted molar refractivity (Wildman–Crippen MR) is 218 cm³/mol. The fraction of sp³-hybridized carbons (Fsp3) is 0.467. The van der Waals surface area contributed by atoms with Crippen LogP contribution in [0.25, 0.3) is 11.1 Å². The Morgan fingerprint density at radius 3 is 1.93 bits per heavy atom. The lowest BCUT2D eigenvalue weighted by atomic mass is 9.81. The number of piperidine rings is 1. The zero-order valence-corrected chi connectivity index (χ0v) is 35.3. The lowest BCUT2D eigenvalue weighted by Crippen LogP contribution is -2.39. The fourth-order valence-electron chi connectivity index (χ4n) is 7.67. The molecule has 1 atom stereocenters. The summed E-state index contributed by atoms with van der Waals surface area (Å²) >= 11 is 0. The fourth-order valence-corrected chi connectivity index (χ4v) is 9.50. The summed E-state index contributed by atoms with van der Waals surface area (Å²) in [4.78, 5) is 21.4. The number of anilines is 1. The van der Waals surface area contributed by atoms with Crippen LogP contribution >= 0.6 is 0 Å². The SMILES string of the molecule is CCOC(=O)[C@@H](OC(C)(C)C)c1c(C)nc(C)c(-c2ccc(CN(Cc3ccc(F)cc3)S(=O)(=O)c3c(C)cc(C)cc3C)cc2)c1N1CCC(C)(C)CC1. The second kappa shape index (κ2) is 16.5. The normalized spacial score (nSPS) is 15.3. The number of hydrogen-bond donors (Lipinski definition) is 0. The van der Waals surface area contributed by atoms with Crippen molar-refractivity contribution in [1.82, 2.24) is 9.29 Å². The van der Waals surface area contributed by atoms with Gasteiger partial charge in [-0.15, -0.1) is 0 Å². The van der Waals surface area contributed by atoms with Crippen LogP contribution in [0.2, 0.25) is 0 Å². The summed E-state index contributed by atoms with van der Waals surface area (Å²) in [6, 6.07) is 17.6. The molecule has 55 heavy (non-hydrogen) atoms. The average molecular weight is 772 g/mol. The first kappa shape index (κ1) is 42.0. The Kier molecular flexibility index (Phi) is 12.6. The highest BCUT2D eigenvalue weighted by Crippen LogP contribution is 2.45. The third-order valence-corrected chi connectivity index (χ3v) is 12.4. The van der Waals surface area contributed by atoms with Gasteiger partial charge in [0.1, 0.15) is 5.82 Å². The van der Waals surface area contributed by atoms with Crippen molar-refractivity contribution in [2.75, 3.05) is 24.6 Å². The van der Waals surface area contributed by atoms with Crippen molar-refractivity contribution >= 4 is 21.7 Å². The highest BCUT2D eigenvalue weighted by atomic mass is 32.2. The molecule has 3 aromatic carbocycles. The van der Waals surface area contributed by atoms with Gasteiger partial charge in [-0.1, -0.05) is 67.9 Å². The molecule has 0 saturated carbocycles. The van der Waals surface area contributed by atoms with Crippen LogP contribution in [0.15, 0.2) is 65.6 Å². The van der Waals surface area contributed by atoms with Gasteiger partial charge in [0.15, 0.2) is 6.10 Å². The summed E-state index contributed by atoms with van der Waals surface area (Å²) in [7, 11) is -3.97. The molecule has 0 spiro atoms. The summed E-state index contributed by atoms with van der Waals surface area (Å²) in [6.45, 7) is 23.7. The Balaban J connectivity index is 1.62. The molecule has 1 fully saturated rings. The Hall–Kier alpha value is -4.12. The molecule has 0 aliphatic carbocycles. The Morgan fingerprint density at radius 1 is 0.891 bits per heavy atom. The number of carbonyl (C=O) groups excluding carboxylic acids is 1. The minimum Gasteiger partial charge on any atom is -0.464 e. The van der Waals surface area contributed by atoms with Crippen LogP contribution in [-0.4, -0.2) is 49.0 Å². The smallest absolute Gasteiger partial charge is 0.340 e. The third-order valence-electron chi connectivity index (χ3n) is 10.3. The Bertz CT molecular complexity index is 2090. The third kappa shape index (κ3) is 9.83. The highest BCUT2D eigenvalue weighted by Gasteiger charge is 2.37. The van der Waals surface area contributed by atoms with E-state index in [1.807, 2.05) is 91.8 Å². The van der Waals surface area contributed by atoms with Gasteiger partial charge in [0.05, 0.1) is 22.8 Å². The Labute approximate surface area is 328 Å². The van der Waals surface area contributed by atoms with E-state index in [4.69, 9.17) is 14.5 Å². The number of nitrogens with zero attached hydrogens (tertiary/aromatic N) is 3. The molecule has 5 rings (SSSR count). The zero-order valence-electron chi connectivity index (χ0n) is 34.5. The van der Waals surface area contributed by atoms with E-state index in [9.17, 15) is 17.6 Å². The first-order valence-electron chi connectivity index (χ1n) is 19.2. The molecule has 0 bridgehead atoms. The van der Waals surface area contributed by atoms with Crippen LogP contribution in [0.5, 0.6) is 0 Å². The maximum Gasteiger partial charge on any atom is 0.340 e. The van der Waals surface area contributed by atoms with Gasteiger partial charge in [-0.2, -0.15) is 4.31 Å². The number of sulfonamides is 1. The molecule has 0 amide bonds. The molecule has 1 saturated heterocycles. The number of pyridine rings is 1. The number of hydrogen-bond acceptors (Lipinski definition) is 7. The van der Waals surface area contributed by atoms with E-state index < -0.39 is 27.7 Å². The van der Waals surface area contributed by atoms with Gasteiger partial charge in [0.2, 0.25) is 10.0 Å². The standard InChI is InChI=1S/C45H58FN3O5S/c1-12-53-43(50)41(54-44(7,8)9)39-33(6)47-32(5)38(40(39)48-23-21-45(10,11)22-24-48)36-17-13-34(14-18-36)27-49(28-35-15-19-37(46)20-16-35)55(51,52)42-30(3)25-29(2)26-31(42)4/h13-20,25-26,41H,12,21-24,27-28H2,1-11H3/t41-/m0/s1. The van der Waals surface area contributed by atoms with Gasteiger partial charge in [-0.05, 0) is 121 Å². The van der Waals surface area contributed by atoms with E-state index in [-0.39, 0.29) is 35.8 Å². The lowest BCUT2D eigenvalue weighted by Gasteiger charge is -2.41. The molecule has 2 heterocycles. The summed E-state index contributed by atoms with van der Waals surface area (Å²) < 4.78 is 56.4. The maximum absolute atomic E-state index is 14.5. The van der Waals surface area contributed by atoms with E-state index in [0.717, 1.165) is 59.6 Å². The van der Waals surface area contributed by atoms with Gasteiger partial charge >= 0.3 is 5.97 Å². The minimum absolute atomic E-state index is 0.0694. The lowest BCUT2D eigenvalue weighted by molar-refractivity contribution is -0.166. The average Bonchev–Trinajstić information content (AvgIpc) is 3.07. The topological polar surface area (TPSA) is 89.0 Å². The van der Waals surface area contributed by atoms with Crippen LogP contribution in [0.3, 0.4) is 0 Å². The molecule has 8 nitrogen and oxygen atoms in total. The van der Waals surface area contributed by atoms with Crippen LogP contribution in [0, 0.1) is 45.9 Å². The predicted octanol–water partition coefficient (Wildman–Crippen LogP) is 9.87. The molecule has 4 aromatic rings. The van der Waals surface area contributed by atoms with Crippen molar-refractivity contribution in [2.45, 2.75) is 119 Å². The molecular weight excluding hydrogens is 714 g/mol. The largest absolute Gasteiger partial charge is 0.464 e. The highest BCUT2D eigenvalue weighted by molar-refractivity contribution is 7.89. The summed E-state index contributed by atoms with van der Waals surface area (Å²) in [6.07, 6.45) is 0.969.